The highest BCUT2D eigenvalue weighted by Crippen LogP contribution is 2.28. The largest absolute Gasteiger partial charge is 0.323 e. The number of anilines is 2. The Morgan fingerprint density at radius 2 is 1.59 bits per heavy atom. The first-order chi connectivity index (χ1) is 15.7. The van der Waals surface area contributed by atoms with E-state index < -0.39 is 0 Å². The minimum absolute atomic E-state index is 0.281. The first-order valence-corrected chi connectivity index (χ1v) is 10.9. The van der Waals surface area contributed by atoms with E-state index in [1.54, 1.807) is 12.4 Å². The fraction of sp³-hybridized carbons (Fsp3) is 0.148. The third kappa shape index (κ3) is 5.38. The van der Waals surface area contributed by atoms with Gasteiger partial charge in [0.05, 0.1) is 17.1 Å². The molecule has 5 heteroatoms. The number of carbonyl (C=O) groups excluding carboxylic acids is 1. The summed E-state index contributed by atoms with van der Waals surface area (Å²) in [6.45, 7) is 2.18. The van der Waals surface area contributed by atoms with Crippen LogP contribution in [0.3, 0.4) is 0 Å². The second-order valence-electron chi connectivity index (χ2n) is 7.57. The molecule has 0 aliphatic rings. The van der Waals surface area contributed by atoms with Crippen LogP contribution < -0.4 is 10.6 Å². The fourth-order valence-electron chi connectivity index (χ4n) is 3.48. The molecule has 32 heavy (non-hydrogen) atoms. The second kappa shape index (κ2) is 10.4. The Bertz CT molecular complexity index is 1160. The molecule has 0 atom stereocenters. The molecule has 0 unspecified atom stereocenters. The van der Waals surface area contributed by atoms with E-state index in [0.29, 0.717) is 0 Å². The quantitative estimate of drug-likeness (QED) is 0.344. The number of nitrogens with zero attached hydrogens (tertiary/aromatic N) is 2. The summed E-state index contributed by atoms with van der Waals surface area (Å²) in [5.41, 5.74) is 6.22. The van der Waals surface area contributed by atoms with Gasteiger partial charge < -0.3 is 10.6 Å². The maximum atomic E-state index is 12.6. The van der Waals surface area contributed by atoms with Crippen LogP contribution in [0.4, 0.5) is 16.2 Å². The third-order valence-corrected chi connectivity index (χ3v) is 5.21. The molecule has 2 aromatic carbocycles. The van der Waals surface area contributed by atoms with E-state index in [1.165, 1.54) is 18.4 Å². The Labute approximate surface area is 188 Å². The van der Waals surface area contributed by atoms with Crippen LogP contribution in [0.15, 0.2) is 91.3 Å². The number of nitrogens with one attached hydrogen (secondary N) is 2. The Balaban J connectivity index is 1.46. The topological polar surface area (TPSA) is 66.9 Å². The molecule has 2 amide bonds. The number of amides is 2. The molecule has 4 aromatic rings. The molecule has 0 spiro atoms. The highest BCUT2D eigenvalue weighted by molar-refractivity contribution is 6.02. The Morgan fingerprint density at radius 3 is 2.31 bits per heavy atom. The number of aromatic nitrogens is 2. The smallest absolute Gasteiger partial charge is 0.308 e. The van der Waals surface area contributed by atoms with Gasteiger partial charge in [-0.15, -0.1) is 0 Å². The number of hydrogen-bond donors (Lipinski definition) is 2. The minimum Gasteiger partial charge on any atom is -0.308 e. The summed E-state index contributed by atoms with van der Waals surface area (Å²) in [6.07, 6.45) is 6.95. The third-order valence-electron chi connectivity index (χ3n) is 5.21. The number of pyridine rings is 2. The average Bonchev–Trinajstić information content (AvgIpc) is 2.85. The van der Waals surface area contributed by atoms with Crippen molar-refractivity contribution in [1.82, 2.24) is 9.97 Å². The van der Waals surface area contributed by atoms with Crippen molar-refractivity contribution in [2.24, 2.45) is 0 Å². The van der Waals surface area contributed by atoms with Crippen LogP contribution in [0, 0.1) is 0 Å². The lowest BCUT2D eigenvalue weighted by molar-refractivity contribution is 0.262. The van der Waals surface area contributed by atoms with Gasteiger partial charge in [-0.25, -0.2) is 4.79 Å². The maximum Gasteiger partial charge on any atom is 0.323 e. The van der Waals surface area contributed by atoms with Gasteiger partial charge in [0, 0.05) is 29.2 Å². The summed E-state index contributed by atoms with van der Waals surface area (Å²) in [6, 6.07) is 25.1. The Kier molecular flexibility index (Phi) is 6.88. The normalized spacial score (nSPS) is 10.5. The van der Waals surface area contributed by atoms with E-state index in [-0.39, 0.29) is 6.03 Å². The first kappa shape index (κ1) is 21.2. The van der Waals surface area contributed by atoms with Crippen LogP contribution in [0.1, 0.15) is 25.3 Å². The van der Waals surface area contributed by atoms with Crippen LogP contribution in [-0.2, 0) is 6.42 Å². The van der Waals surface area contributed by atoms with Crippen LogP contribution in [0.25, 0.3) is 22.5 Å². The molecule has 2 heterocycles. The van der Waals surface area contributed by atoms with Gasteiger partial charge >= 0.3 is 6.03 Å². The van der Waals surface area contributed by atoms with E-state index >= 15 is 0 Å². The van der Waals surface area contributed by atoms with Crippen molar-refractivity contribution in [1.29, 1.82) is 0 Å². The van der Waals surface area contributed by atoms with Crippen molar-refractivity contribution in [2.45, 2.75) is 26.2 Å². The average molecular weight is 423 g/mol. The predicted molar refractivity (Wildman–Crippen MR) is 131 cm³/mol. The molecule has 0 aliphatic heterocycles. The predicted octanol–water partition coefficient (Wildman–Crippen LogP) is 6.80. The van der Waals surface area contributed by atoms with Gasteiger partial charge in [-0.05, 0) is 54.8 Å². The molecule has 0 bridgehead atoms. The summed E-state index contributed by atoms with van der Waals surface area (Å²) in [5, 5.41) is 5.87. The molecule has 2 N–H and O–H groups in total. The lowest BCUT2D eigenvalue weighted by Crippen LogP contribution is -2.19. The number of carbonyl (C=O) groups is 1. The van der Waals surface area contributed by atoms with Crippen molar-refractivity contribution in [3.8, 4) is 22.5 Å². The molecule has 0 fully saturated rings. The van der Waals surface area contributed by atoms with Gasteiger partial charge in [-0.2, -0.15) is 0 Å². The number of urea groups is 1. The van der Waals surface area contributed by atoms with Crippen LogP contribution >= 0.6 is 0 Å². The van der Waals surface area contributed by atoms with E-state index in [0.717, 1.165) is 40.3 Å². The number of aryl methyl sites for hydroxylation is 1. The van der Waals surface area contributed by atoms with E-state index in [1.807, 2.05) is 66.7 Å². The summed E-state index contributed by atoms with van der Waals surface area (Å²) in [4.78, 5) is 21.5. The first-order valence-electron chi connectivity index (χ1n) is 10.9. The lowest BCUT2D eigenvalue weighted by Gasteiger charge is -2.13. The molecule has 2 aromatic heterocycles. The Morgan fingerprint density at radius 1 is 0.812 bits per heavy atom. The minimum atomic E-state index is -0.281. The molecule has 0 radical (unpaired) electrons. The van der Waals surface area contributed by atoms with Gasteiger partial charge in [0.1, 0.15) is 0 Å². The molecular weight excluding hydrogens is 396 g/mol. The van der Waals surface area contributed by atoms with Gasteiger partial charge in [-0.1, -0.05) is 55.8 Å². The number of hydrogen-bond acceptors (Lipinski definition) is 3. The standard InChI is InChI=1S/C27H26N4O/c1-2-3-8-20-12-15-22(16-13-20)30-27(32)31-24-10-5-4-9-23(24)21-14-17-26(29-19-21)25-11-6-7-18-28-25/h4-7,9-19H,2-3,8H2,1H3,(H2,30,31,32). The molecule has 160 valence electrons. The zero-order valence-corrected chi connectivity index (χ0v) is 18.1. The summed E-state index contributed by atoms with van der Waals surface area (Å²) < 4.78 is 0. The summed E-state index contributed by atoms with van der Waals surface area (Å²) in [5.74, 6) is 0. The Hall–Kier alpha value is -3.99. The molecule has 0 saturated heterocycles. The van der Waals surface area contributed by atoms with Crippen LogP contribution in [0.5, 0.6) is 0 Å². The summed E-state index contributed by atoms with van der Waals surface area (Å²) in [7, 11) is 0. The van der Waals surface area contributed by atoms with Crippen molar-refractivity contribution in [2.75, 3.05) is 10.6 Å². The lowest BCUT2D eigenvalue weighted by atomic mass is 10.0. The zero-order valence-electron chi connectivity index (χ0n) is 18.1. The van der Waals surface area contributed by atoms with E-state index in [4.69, 9.17) is 0 Å². The van der Waals surface area contributed by atoms with Crippen molar-refractivity contribution in [3.05, 3.63) is 96.8 Å². The van der Waals surface area contributed by atoms with Gasteiger partial charge in [0.25, 0.3) is 0 Å². The van der Waals surface area contributed by atoms with Crippen molar-refractivity contribution in [3.63, 3.8) is 0 Å². The molecule has 5 nitrogen and oxygen atoms in total. The van der Waals surface area contributed by atoms with E-state index in [9.17, 15) is 4.79 Å². The highest BCUT2D eigenvalue weighted by atomic mass is 16.2. The molecule has 4 rings (SSSR count). The monoisotopic (exact) mass is 422 g/mol. The molecule has 0 aliphatic carbocycles. The number of benzene rings is 2. The van der Waals surface area contributed by atoms with Gasteiger partial charge in [0.15, 0.2) is 0 Å². The molecule has 0 saturated carbocycles. The van der Waals surface area contributed by atoms with Gasteiger partial charge in [-0.3, -0.25) is 9.97 Å². The number of unbranched alkanes of at least 4 members (excludes halogenated alkanes) is 1. The highest BCUT2D eigenvalue weighted by Gasteiger charge is 2.10. The van der Waals surface area contributed by atoms with Crippen LogP contribution in [0.2, 0.25) is 0 Å². The second-order valence-corrected chi connectivity index (χ2v) is 7.57. The van der Waals surface area contributed by atoms with Crippen molar-refractivity contribution >= 4 is 17.4 Å². The maximum absolute atomic E-state index is 12.6. The SMILES string of the molecule is CCCCc1ccc(NC(=O)Nc2ccccc2-c2ccc(-c3ccccn3)nc2)cc1. The number of rotatable bonds is 7. The fourth-order valence-corrected chi connectivity index (χ4v) is 3.48. The number of para-hydroxylation sites is 1. The zero-order chi connectivity index (χ0) is 22.2. The van der Waals surface area contributed by atoms with Crippen molar-refractivity contribution < 1.29 is 4.79 Å². The van der Waals surface area contributed by atoms with E-state index in [2.05, 4.69) is 39.7 Å². The van der Waals surface area contributed by atoms with Crippen LogP contribution in [-0.4, -0.2) is 16.0 Å². The summed E-state index contributed by atoms with van der Waals surface area (Å²) >= 11 is 0. The molecular formula is C27H26N4O. The van der Waals surface area contributed by atoms with Gasteiger partial charge in [0.2, 0.25) is 0 Å².